The van der Waals surface area contributed by atoms with Gasteiger partial charge in [0.2, 0.25) is 6.10 Å². The maximum absolute atomic E-state index is 14.1. The summed E-state index contributed by atoms with van der Waals surface area (Å²) in [7, 11) is 1.97. The minimum Gasteiger partial charge on any atom is -0.474 e. The van der Waals surface area contributed by atoms with Crippen LogP contribution in [0.3, 0.4) is 0 Å². The minimum absolute atomic E-state index is 0.0412. The van der Waals surface area contributed by atoms with Crippen LogP contribution < -0.4 is 5.73 Å². The van der Waals surface area contributed by atoms with E-state index in [-0.39, 0.29) is 27.1 Å². The Morgan fingerprint density at radius 1 is 1.21 bits per heavy atom. The maximum atomic E-state index is 14.1. The summed E-state index contributed by atoms with van der Waals surface area (Å²) in [6, 6.07) is 4.40. The van der Waals surface area contributed by atoms with Gasteiger partial charge >= 0.3 is 6.18 Å². The minimum atomic E-state index is -4.81. The standard InChI is InChI=1S/C29H34Cl2F3N3O/c1-6-9-15-37-16-13-23(14-17-37)36(5)19-22(8-3)21(7-2)18-26(20(4)35)38-28(29(32,33)34)27-24(30)11-10-12-25(27)31/h7-12,18-19,23,28H,1-3,13-17,35H2,4-5H3/b21-18+,22-19+,26-20-. The van der Waals surface area contributed by atoms with E-state index in [1.54, 1.807) is 6.08 Å². The maximum Gasteiger partial charge on any atom is 0.429 e. The molecule has 0 radical (unpaired) electrons. The van der Waals surface area contributed by atoms with Gasteiger partial charge in [-0.05, 0) is 55.2 Å². The second-order valence-electron chi connectivity index (χ2n) is 8.92. The molecule has 0 aromatic heterocycles. The Balaban J connectivity index is 2.35. The molecule has 9 heteroatoms. The molecule has 1 unspecified atom stereocenters. The molecule has 4 nitrogen and oxygen atoms in total. The lowest BCUT2D eigenvalue weighted by Gasteiger charge is -2.36. The van der Waals surface area contributed by atoms with Crippen LogP contribution >= 0.6 is 23.2 Å². The molecule has 1 aliphatic rings. The number of nitrogens with two attached hydrogens (primary N) is 1. The summed E-state index contributed by atoms with van der Waals surface area (Å²) in [4.78, 5) is 4.42. The van der Waals surface area contributed by atoms with Crippen molar-refractivity contribution in [1.82, 2.24) is 9.80 Å². The molecular formula is C29H34Cl2F3N3O. The predicted molar refractivity (Wildman–Crippen MR) is 151 cm³/mol. The van der Waals surface area contributed by atoms with Gasteiger partial charge in [0.05, 0.1) is 0 Å². The lowest BCUT2D eigenvalue weighted by Crippen LogP contribution is -2.41. The van der Waals surface area contributed by atoms with Crippen LogP contribution in [0.25, 0.3) is 0 Å². The molecule has 0 spiro atoms. The van der Waals surface area contributed by atoms with E-state index in [4.69, 9.17) is 33.7 Å². The average Bonchev–Trinajstić information content (AvgIpc) is 2.86. The zero-order valence-electron chi connectivity index (χ0n) is 21.7. The Hall–Kier alpha value is -2.83. The summed E-state index contributed by atoms with van der Waals surface area (Å²) in [5.41, 5.74) is 9.56. The summed E-state index contributed by atoms with van der Waals surface area (Å²) in [6.07, 6.45) is 3.03. The smallest absolute Gasteiger partial charge is 0.429 e. The Bertz CT molecular complexity index is 1120. The predicted octanol–water partition coefficient (Wildman–Crippen LogP) is 7.72. The van der Waals surface area contributed by atoms with Crippen LogP contribution in [0.2, 0.25) is 10.0 Å². The number of hydrogen-bond donors (Lipinski definition) is 1. The highest BCUT2D eigenvalue weighted by atomic mass is 35.5. The third-order valence-electron chi connectivity index (χ3n) is 6.22. The third-order valence-corrected chi connectivity index (χ3v) is 6.88. The Morgan fingerprint density at radius 2 is 1.79 bits per heavy atom. The van der Waals surface area contributed by atoms with Crippen LogP contribution in [-0.4, -0.2) is 48.7 Å². The van der Waals surface area contributed by atoms with Crippen molar-refractivity contribution in [1.29, 1.82) is 0 Å². The molecule has 38 heavy (non-hydrogen) atoms. The van der Waals surface area contributed by atoms with Gasteiger partial charge in [-0.1, -0.05) is 61.2 Å². The fourth-order valence-corrected chi connectivity index (χ4v) is 4.69. The summed E-state index contributed by atoms with van der Waals surface area (Å²) < 4.78 is 47.8. The molecule has 1 fully saturated rings. The van der Waals surface area contributed by atoms with Crippen molar-refractivity contribution in [2.24, 2.45) is 5.73 Å². The Kier molecular flexibility index (Phi) is 11.9. The summed E-state index contributed by atoms with van der Waals surface area (Å²) in [5, 5.41) is -0.330. The molecule has 1 atom stereocenters. The largest absolute Gasteiger partial charge is 0.474 e. The van der Waals surface area contributed by atoms with Gasteiger partial charge in [-0.15, -0.1) is 5.73 Å². The van der Waals surface area contributed by atoms with Gasteiger partial charge < -0.3 is 15.4 Å². The van der Waals surface area contributed by atoms with E-state index < -0.39 is 12.3 Å². The van der Waals surface area contributed by atoms with Crippen molar-refractivity contribution in [3.63, 3.8) is 0 Å². The molecule has 1 heterocycles. The second kappa shape index (κ2) is 14.4. The zero-order chi connectivity index (χ0) is 28.5. The molecule has 0 bridgehead atoms. The monoisotopic (exact) mass is 567 g/mol. The van der Waals surface area contributed by atoms with Gasteiger partial charge in [-0.25, -0.2) is 0 Å². The second-order valence-corrected chi connectivity index (χ2v) is 9.73. The third kappa shape index (κ3) is 8.60. The van der Waals surface area contributed by atoms with Crippen LogP contribution in [0.4, 0.5) is 13.2 Å². The highest BCUT2D eigenvalue weighted by Crippen LogP contribution is 2.43. The molecule has 0 aliphatic carbocycles. The Labute approximate surface area is 233 Å². The van der Waals surface area contributed by atoms with Crippen molar-refractivity contribution in [3.05, 3.63) is 112 Å². The highest BCUT2D eigenvalue weighted by Gasteiger charge is 2.45. The number of nitrogens with zero attached hydrogens (tertiary/aromatic N) is 2. The Morgan fingerprint density at radius 3 is 2.26 bits per heavy atom. The SMILES string of the molecule is C=C=CCN1CCC(N(C)/C=C(C=C)/C(C=C)=C/C(OC(c2c(Cl)cccc2Cl)C(F)(F)F)=C(\C)N)CC1. The van der Waals surface area contributed by atoms with E-state index in [1.165, 1.54) is 37.3 Å². The first-order valence-corrected chi connectivity index (χ1v) is 12.8. The van der Waals surface area contributed by atoms with Crippen LogP contribution in [0.1, 0.15) is 31.4 Å². The number of allylic oxidation sites excluding steroid dienone is 6. The number of rotatable bonds is 11. The zero-order valence-corrected chi connectivity index (χ0v) is 23.2. The molecular weight excluding hydrogens is 534 g/mol. The number of alkyl halides is 3. The topological polar surface area (TPSA) is 41.7 Å². The number of likely N-dealkylation sites (tertiary alicyclic amines) is 1. The van der Waals surface area contributed by atoms with E-state index in [2.05, 4.69) is 35.3 Å². The molecule has 0 amide bonds. The lowest BCUT2D eigenvalue weighted by atomic mass is 10.0. The number of benzene rings is 1. The van der Waals surface area contributed by atoms with Crippen LogP contribution in [0, 0.1) is 0 Å². The fraction of sp³-hybridized carbons (Fsp3) is 0.345. The molecule has 2 rings (SSSR count). The van der Waals surface area contributed by atoms with Crippen LogP contribution in [0.15, 0.2) is 96.8 Å². The summed E-state index contributed by atoms with van der Waals surface area (Å²) in [5.74, 6) is -0.183. The average molecular weight is 569 g/mol. The lowest BCUT2D eigenvalue weighted by molar-refractivity contribution is -0.211. The van der Waals surface area contributed by atoms with E-state index in [0.29, 0.717) is 17.2 Å². The van der Waals surface area contributed by atoms with E-state index in [1.807, 2.05) is 19.3 Å². The van der Waals surface area contributed by atoms with Crippen molar-refractivity contribution < 1.29 is 17.9 Å². The molecule has 0 saturated carbocycles. The van der Waals surface area contributed by atoms with Crippen molar-refractivity contribution in [2.45, 2.75) is 38.1 Å². The van der Waals surface area contributed by atoms with Crippen molar-refractivity contribution in [3.8, 4) is 0 Å². The van der Waals surface area contributed by atoms with Gasteiger partial charge in [0.25, 0.3) is 0 Å². The number of piperidine rings is 1. The molecule has 1 saturated heterocycles. The summed E-state index contributed by atoms with van der Waals surface area (Å²) >= 11 is 12.2. The molecule has 1 aromatic rings. The van der Waals surface area contributed by atoms with Crippen molar-refractivity contribution >= 4 is 23.2 Å². The number of halogens is 5. The van der Waals surface area contributed by atoms with Gasteiger partial charge in [-0.3, -0.25) is 4.90 Å². The first kappa shape index (κ1) is 31.4. The van der Waals surface area contributed by atoms with Crippen molar-refractivity contribution in [2.75, 3.05) is 26.7 Å². The molecule has 1 aromatic carbocycles. The number of ether oxygens (including phenoxy) is 1. The van der Waals surface area contributed by atoms with Gasteiger partial charge in [0, 0.05) is 60.2 Å². The quantitative estimate of drug-likeness (QED) is 0.169. The van der Waals surface area contributed by atoms with E-state index in [0.717, 1.165) is 32.5 Å². The van der Waals surface area contributed by atoms with Gasteiger partial charge in [0.1, 0.15) is 5.76 Å². The molecule has 1 aliphatic heterocycles. The number of hydrogen-bond acceptors (Lipinski definition) is 4. The molecule has 2 N–H and O–H groups in total. The van der Waals surface area contributed by atoms with Crippen LogP contribution in [0.5, 0.6) is 0 Å². The highest BCUT2D eigenvalue weighted by molar-refractivity contribution is 6.36. The van der Waals surface area contributed by atoms with Gasteiger partial charge in [0.15, 0.2) is 0 Å². The van der Waals surface area contributed by atoms with E-state index in [9.17, 15) is 13.2 Å². The first-order chi connectivity index (χ1) is 17.9. The fourth-order valence-electron chi connectivity index (χ4n) is 4.09. The van der Waals surface area contributed by atoms with Crippen LogP contribution in [-0.2, 0) is 4.74 Å². The van der Waals surface area contributed by atoms with Gasteiger partial charge in [-0.2, -0.15) is 13.2 Å². The molecule has 206 valence electrons. The summed E-state index contributed by atoms with van der Waals surface area (Å²) in [6.45, 7) is 15.5. The van der Waals surface area contributed by atoms with E-state index >= 15 is 0 Å². The first-order valence-electron chi connectivity index (χ1n) is 12.0. The normalized spacial score (nSPS) is 17.2.